The van der Waals surface area contributed by atoms with E-state index in [0.717, 1.165) is 44.6 Å². The van der Waals surface area contributed by atoms with Gasteiger partial charge in [0.05, 0.1) is 11.6 Å². The Morgan fingerprint density at radius 3 is 2.63 bits per heavy atom. The third-order valence-electron chi connectivity index (χ3n) is 5.18. The first-order valence-electron chi connectivity index (χ1n) is 9.70. The van der Waals surface area contributed by atoms with Gasteiger partial charge in [0.2, 0.25) is 5.91 Å². The number of carbonyl (C=O) groups excluding carboxylic acids is 1. The van der Waals surface area contributed by atoms with Gasteiger partial charge in [0.1, 0.15) is 0 Å². The van der Waals surface area contributed by atoms with Gasteiger partial charge in [0, 0.05) is 32.2 Å². The van der Waals surface area contributed by atoms with Crippen LogP contribution in [0.25, 0.3) is 0 Å². The molecule has 1 heterocycles. The minimum atomic E-state index is 0.192. The predicted molar refractivity (Wildman–Crippen MR) is 108 cm³/mol. The first-order valence-corrected chi connectivity index (χ1v) is 9.70. The Balaban J connectivity index is 1.76. The second-order valence-corrected chi connectivity index (χ2v) is 7.29. The van der Waals surface area contributed by atoms with Crippen LogP contribution in [-0.4, -0.2) is 24.4 Å². The molecule has 2 aromatic carbocycles. The van der Waals surface area contributed by atoms with E-state index in [4.69, 9.17) is 5.26 Å². The smallest absolute Gasteiger partial charge is 0.227 e. The summed E-state index contributed by atoms with van der Waals surface area (Å²) in [7, 11) is 1.86. The van der Waals surface area contributed by atoms with Gasteiger partial charge in [-0.15, -0.1) is 0 Å². The van der Waals surface area contributed by atoms with Gasteiger partial charge in [0.15, 0.2) is 0 Å². The molecule has 1 amide bonds. The standard InChI is InChI=1S/C23H27N3O/c1-3-4-12-26(16-19-7-5-6-18(13-19)15-24)17-20-8-10-22-21(14-20)9-11-23(27)25(22)2/h5-8,10,13-14H,3-4,9,11-12,16-17H2,1-2H3. The molecule has 140 valence electrons. The number of anilines is 1. The Bertz CT molecular complexity index is 853. The van der Waals surface area contributed by atoms with Crippen molar-refractivity contribution in [2.24, 2.45) is 0 Å². The van der Waals surface area contributed by atoms with Crippen LogP contribution < -0.4 is 4.90 Å². The molecule has 0 bridgehead atoms. The quantitative estimate of drug-likeness (QED) is 0.740. The summed E-state index contributed by atoms with van der Waals surface area (Å²) in [6.45, 7) is 4.95. The zero-order chi connectivity index (χ0) is 19.2. The third kappa shape index (κ3) is 4.75. The number of benzene rings is 2. The van der Waals surface area contributed by atoms with Gasteiger partial charge in [-0.1, -0.05) is 37.6 Å². The summed E-state index contributed by atoms with van der Waals surface area (Å²) >= 11 is 0. The van der Waals surface area contributed by atoms with Crippen molar-refractivity contribution in [1.82, 2.24) is 4.90 Å². The van der Waals surface area contributed by atoms with E-state index in [9.17, 15) is 4.79 Å². The Morgan fingerprint density at radius 1 is 1.11 bits per heavy atom. The molecule has 0 radical (unpaired) electrons. The molecule has 1 aliphatic rings. The topological polar surface area (TPSA) is 47.3 Å². The minimum absolute atomic E-state index is 0.192. The van der Waals surface area contributed by atoms with E-state index in [-0.39, 0.29) is 5.91 Å². The number of carbonyl (C=O) groups is 1. The number of amides is 1. The monoisotopic (exact) mass is 361 g/mol. The summed E-state index contributed by atoms with van der Waals surface area (Å²) in [5.41, 5.74) is 5.47. The highest BCUT2D eigenvalue weighted by Gasteiger charge is 2.21. The lowest BCUT2D eigenvalue weighted by molar-refractivity contribution is -0.118. The molecule has 2 aromatic rings. The molecule has 0 N–H and O–H groups in total. The molecule has 4 nitrogen and oxygen atoms in total. The van der Waals surface area contributed by atoms with Crippen LogP contribution in [-0.2, 0) is 24.3 Å². The molecule has 27 heavy (non-hydrogen) atoms. The minimum Gasteiger partial charge on any atom is -0.315 e. The third-order valence-corrected chi connectivity index (χ3v) is 5.18. The molecule has 0 aliphatic carbocycles. The lowest BCUT2D eigenvalue weighted by Crippen LogP contribution is -2.31. The summed E-state index contributed by atoms with van der Waals surface area (Å²) in [6, 6.07) is 16.6. The van der Waals surface area contributed by atoms with Crippen molar-refractivity contribution >= 4 is 11.6 Å². The van der Waals surface area contributed by atoms with E-state index >= 15 is 0 Å². The van der Waals surface area contributed by atoms with E-state index in [1.165, 1.54) is 16.7 Å². The van der Waals surface area contributed by atoms with Crippen molar-refractivity contribution in [3.8, 4) is 6.07 Å². The molecular weight excluding hydrogens is 334 g/mol. The zero-order valence-corrected chi connectivity index (χ0v) is 16.2. The average Bonchev–Trinajstić information content (AvgIpc) is 2.69. The molecule has 0 fully saturated rings. The van der Waals surface area contributed by atoms with E-state index in [2.05, 4.69) is 42.2 Å². The first-order chi connectivity index (χ1) is 13.1. The maximum Gasteiger partial charge on any atom is 0.227 e. The molecule has 0 atom stereocenters. The maximum atomic E-state index is 11.9. The number of aryl methyl sites for hydroxylation is 1. The van der Waals surface area contributed by atoms with Crippen LogP contribution in [0.2, 0.25) is 0 Å². The summed E-state index contributed by atoms with van der Waals surface area (Å²) in [6.07, 6.45) is 3.73. The summed E-state index contributed by atoms with van der Waals surface area (Å²) in [4.78, 5) is 16.1. The van der Waals surface area contributed by atoms with Gasteiger partial charge in [-0.2, -0.15) is 5.26 Å². The van der Waals surface area contributed by atoms with Gasteiger partial charge in [-0.25, -0.2) is 0 Å². The lowest BCUT2D eigenvalue weighted by atomic mass is 9.99. The normalized spacial score (nSPS) is 13.6. The van der Waals surface area contributed by atoms with Crippen molar-refractivity contribution in [2.45, 2.75) is 45.7 Å². The molecule has 3 rings (SSSR count). The fraction of sp³-hybridized carbons (Fsp3) is 0.391. The molecule has 0 saturated heterocycles. The molecular formula is C23H27N3O. The number of hydrogen-bond donors (Lipinski definition) is 0. The van der Waals surface area contributed by atoms with Gasteiger partial charge < -0.3 is 4.90 Å². The van der Waals surface area contributed by atoms with Crippen molar-refractivity contribution in [3.63, 3.8) is 0 Å². The molecule has 4 heteroatoms. The highest BCUT2D eigenvalue weighted by atomic mass is 16.2. The maximum absolute atomic E-state index is 11.9. The van der Waals surface area contributed by atoms with E-state index in [0.29, 0.717) is 12.0 Å². The van der Waals surface area contributed by atoms with Gasteiger partial charge >= 0.3 is 0 Å². The number of rotatable bonds is 7. The molecule has 0 spiro atoms. The number of unbranched alkanes of at least 4 members (excludes halogenated alkanes) is 1. The van der Waals surface area contributed by atoms with E-state index in [1.807, 2.05) is 25.2 Å². The second kappa shape index (κ2) is 8.83. The SMILES string of the molecule is CCCCN(Cc1cccc(C#N)c1)Cc1ccc2c(c1)CCC(=O)N2C. The fourth-order valence-corrected chi connectivity index (χ4v) is 3.66. The van der Waals surface area contributed by atoms with Crippen molar-refractivity contribution < 1.29 is 4.79 Å². The number of fused-ring (bicyclic) bond motifs is 1. The van der Waals surface area contributed by atoms with Gasteiger partial charge in [-0.3, -0.25) is 9.69 Å². The molecule has 1 aliphatic heterocycles. The second-order valence-electron chi connectivity index (χ2n) is 7.29. The molecule has 0 unspecified atom stereocenters. The van der Waals surface area contributed by atoms with Gasteiger partial charge in [0.25, 0.3) is 0 Å². The average molecular weight is 361 g/mol. The number of hydrogen-bond acceptors (Lipinski definition) is 3. The van der Waals surface area contributed by atoms with Crippen LogP contribution in [0.15, 0.2) is 42.5 Å². The van der Waals surface area contributed by atoms with Crippen LogP contribution in [0, 0.1) is 11.3 Å². The number of nitrogens with zero attached hydrogens (tertiary/aromatic N) is 3. The van der Waals surface area contributed by atoms with Crippen LogP contribution in [0.5, 0.6) is 0 Å². The largest absolute Gasteiger partial charge is 0.315 e. The molecule has 0 aromatic heterocycles. The Kier molecular flexibility index (Phi) is 6.26. The van der Waals surface area contributed by atoms with Crippen LogP contribution >= 0.6 is 0 Å². The van der Waals surface area contributed by atoms with Crippen molar-refractivity contribution in [3.05, 3.63) is 64.7 Å². The zero-order valence-electron chi connectivity index (χ0n) is 16.2. The van der Waals surface area contributed by atoms with Crippen molar-refractivity contribution in [1.29, 1.82) is 5.26 Å². The summed E-state index contributed by atoms with van der Waals surface area (Å²) in [5.74, 6) is 0.192. The van der Waals surface area contributed by atoms with Gasteiger partial charge in [-0.05, 0) is 54.3 Å². The van der Waals surface area contributed by atoms with E-state index in [1.54, 1.807) is 4.90 Å². The highest BCUT2D eigenvalue weighted by molar-refractivity contribution is 5.95. The summed E-state index contributed by atoms with van der Waals surface area (Å²) in [5, 5.41) is 9.13. The lowest BCUT2D eigenvalue weighted by Gasteiger charge is -2.27. The first kappa shape index (κ1) is 19.1. The predicted octanol–water partition coefficient (Wildman–Crippen LogP) is 4.27. The Labute approximate surface area is 162 Å². The Hall–Kier alpha value is -2.64. The van der Waals surface area contributed by atoms with Crippen molar-refractivity contribution in [2.75, 3.05) is 18.5 Å². The van der Waals surface area contributed by atoms with Crippen LogP contribution in [0.1, 0.15) is 48.4 Å². The molecule has 0 saturated carbocycles. The van der Waals surface area contributed by atoms with Crippen LogP contribution in [0.4, 0.5) is 5.69 Å². The number of nitriles is 1. The Morgan fingerprint density at radius 2 is 1.89 bits per heavy atom. The summed E-state index contributed by atoms with van der Waals surface area (Å²) < 4.78 is 0. The van der Waals surface area contributed by atoms with Crippen LogP contribution in [0.3, 0.4) is 0 Å². The van der Waals surface area contributed by atoms with E-state index < -0.39 is 0 Å². The fourth-order valence-electron chi connectivity index (χ4n) is 3.66. The highest BCUT2D eigenvalue weighted by Crippen LogP contribution is 2.28.